The monoisotopic (exact) mass is 469 g/mol. The maximum absolute atomic E-state index is 13.3. The van der Waals surface area contributed by atoms with E-state index in [9.17, 15) is 4.79 Å². The highest BCUT2D eigenvalue weighted by molar-refractivity contribution is 7.98. The Hall–Kier alpha value is -1.31. The number of thiazole rings is 1. The van der Waals surface area contributed by atoms with Gasteiger partial charge in [-0.25, -0.2) is 4.98 Å². The quantitative estimate of drug-likeness (QED) is 0.374. The fourth-order valence-corrected chi connectivity index (χ4v) is 4.78. The fraction of sp³-hybridized carbons (Fsp3) is 0.333. The van der Waals surface area contributed by atoms with Crippen molar-refractivity contribution in [2.45, 2.75) is 18.7 Å². The van der Waals surface area contributed by atoms with Crippen LogP contribution in [-0.2, 0) is 0 Å². The number of benzene rings is 2. The lowest BCUT2D eigenvalue weighted by Gasteiger charge is -2.24. The molecule has 0 unspecified atom stereocenters. The van der Waals surface area contributed by atoms with Crippen LogP contribution in [0.3, 0.4) is 0 Å². The van der Waals surface area contributed by atoms with Crippen LogP contribution in [0.15, 0.2) is 47.4 Å². The summed E-state index contributed by atoms with van der Waals surface area (Å²) >= 11 is 9.23. The van der Waals surface area contributed by atoms with Crippen LogP contribution in [0.1, 0.15) is 24.2 Å². The lowest BCUT2D eigenvalue weighted by Crippen LogP contribution is -2.38. The topological polar surface area (TPSA) is 36.4 Å². The number of rotatable bonds is 8. The number of hydrogen-bond acceptors (Lipinski definition) is 5. The van der Waals surface area contributed by atoms with E-state index in [0.29, 0.717) is 17.1 Å². The summed E-state index contributed by atoms with van der Waals surface area (Å²) in [4.78, 5) is 23.4. The molecule has 2 aromatic carbocycles. The molecule has 0 saturated heterocycles. The van der Waals surface area contributed by atoms with Crippen LogP contribution in [-0.4, -0.2) is 48.2 Å². The van der Waals surface area contributed by atoms with Gasteiger partial charge in [0.25, 0.3) is 5.91 Å². The normalized spacial score (nSPS) is 10.9. The molecular weight excluding hydrogens is 445 g/mol. The molecule has 0 bridgehead atoms. The Kier molecular flexibility index (Phi) is 9.24. The van der Waals surface area contributed by atoms with Crippen LogP contribution in [0.4, 0.5) is 5.13 Å². The molecule has 29 heavy (non-hydrogen) atoms. The molecule has 156 valence electrons. The second kappa shape index (κ2) is 11.2. The minimum absolute atomic E-state index is 0. The number of thioether (sulfide) groups is 1. The third-order valence-electron chi connectivity index (χ3n) is 4.69. The Morgan fingerprint density at radius 1 is 1.10 bits per heavy atom. The molecule has 0 aliphatic carbocycles. The van der Waals surface area contributed by atoms with Gasteiger partial charge in [-0.3, -0.25) is 9.69 Å². The summed E-state index contributed by atoms with van der Waals surface area (Å²) in [6.07, 6.45) is 2.05. The Bertz CT molecular complexity index is 943. The summed E-state index contributed by atoms with van der Waals surface area (Å²) in [5, 5.41) is 1.36. The zero-order valence-electron chi connectivity index (χ0n) is 16.7. The van der Waals surface area contributed by atoms with Gasteiger partial charge in [0.2, 0.25) is 0 Å². The zero-order chi connectivity index (χ0) is 20.1. The molecule has 3 rings (SSSR count). The van der Waals surface area contributed by atoms with Crippen LogP contribution >= 0.6 is 47.1 Å². The molecule has 0 spiro atoms. The van der Waals surface area contributed by atoms with E-state index in [1.54, 1.807) is 52.3 Å². The smallest absolute Gasteiger partial charge is 0.260 e. The van der Waals surface area contributed by atoms with E-state index >= 15 is 0 Å². The van der Waals surface area contributed by atoms with E-state index < -0.39 is 0 Å². The van der Waals surface area contributed by atoms with Crippen molar-refractivity contribution in [2.24, 2.45) is 0 Å². The van der Waals surface area contributed by atoms with Crippen molar-refractivity contribution < 1.29 is 4.79 Å². The van der Waals surface area contributed by atoms with E-state index in [-0.39, 0.29) is 18.3 Å². The van der Waals surface area contributed by atoms with Gasteiger partial charge in [-0.1, -0.05) is 42.9 Å². The number of carbonyl (C=O) groups is 1. The number of carbonyl (C=O) groups excluding carboxylic acids is 1. The number of amides is 1. The first-order chi connectivity index (χ1) is 13.6. The Morgan fingerprint density at radius 3 is 2.41 bits per heavy atom. The molecular formula is C21H25Cl2N3OS2. The third-order valence-corrected chi connectivity index (χ3v) is 6.76. The van der Waals surface area contributed by atoms with Crippen molar-refractivity contribution in [2.75, 3.05) is 37.3 Å². The molecule has 0 fully saturated rings. The van der Waals surface area contributed by atoms with E-state index in [2.05, 4.69) is 30.9 Å². The molecule has 1 heterocycles. The summed E-state index contributed by atoms with van der Waals surface area (Å²) in [5.74, 6) is -0.0476. The van der Waals surface area contributed by atoms with E-state index in [4.69, 9.17) is 16.6 Å². The van der Waals surface area contributed by atoms with Crippen molar-refractivity contribution in [3.05, 3.63) is 53.1 Å². The first kappa shape index (κ1) is 24.0. The average molecular weight is 470 g/mol. The van der Waals surface area contributed by atoms with Crippen molar-refractivity contribution in [3.63, 3.8) is 0 Å². The zero-order valence-corrected chi connectivity index (χ0v) is 19.9. The predicted molar refractivity (Wildman–Crippen MR) is 130 cm³/mol. The van der Waals surface area contributed by atoms with Crippen molar-refractivity contribution in [1.82, 2.24) is 9.88 Å². The van der Waals surface area contributed by atoms with Crippen molar-refractivity contribution in [3.8, 4) is 0 Å². The number of para-hydroxylation sites is 1. The molecule has 0 aliphatic rings. The van der Waals surface area contributed by atoms with Gasteiger partial charge in [0.05, 0.1) is 10.2 Å². The number of aromatic nitrogens is 1. The maximum Gasteiger partial charge on any atom is 0.260 e. The number of anilines is 1. The molecule has 0 aliphatic heterocycles. The van der Waals surface area contributed by atoms with Crippen LogP contribution in [0.25, 0.3) is 10.2 Å². The van der Waals surface area contributed by atoms with Crippen LogP contribution in [0.2, 0.25) is 5.02 Å². The number of likely N-dealkylation sites (N-methyl/N-ethyl adjacent to an activating group) is 1. The summed E-state index contributed by atoms with van der Waals surface area (Å²) in [7, 11) is 0. The van der Waals surface area contributed by atoms with E-state index in [0.717, 1.165) is 39.9 Å². The van der Waals surface area contributed by atoms with Gasteiger partial charge >= 0.3 is 0 Å². The van der Waals surface area contributed by atoms with E-state index in [1.807, 2.05) is 12.3 Å². The molecule has 1 amide bonds. The molecule has 1 aromatic heterocycles. The highest BCUT2D eigenvalue weighted by Gasteiger charge is 2.22. The van der Waals surface area contributed by atoms with Gasteiger partial charge < -0.3 is 4.90 Å². The van der Waals surface area contributed by atoms with Crippen LogP contribution in [0, 0.1) is 0 Å². The second-order valence-electron chi connectivity index (χ2n) is 6.29. The molecule has 3 aromatic rings. The van der Waals surface area contributed by atoms with Gasteiger partial charge in [0, 0.05) is 28.6 Å². The first-order valence-electron chi connectivity index (χ1n) is 9.30. The Balaban J connectivity index is 0.00000300. The molecule has 8 heteroatoms. The second-order valence-corrected chi connectivity index (χ2v) is 8.59. The Morgan fingerprint density at radius 2 is 1.79 bits per heavy atom. The van der Waals surface area contributed by atoms with Crippen LogP contribution in [0.5, 0.6) is 0 Å². The molecule has 0 N–H and O–H groups in total. The SMILES string of the molecule is CCN(CC)CCN(C(=O)c1ccc(Cl)cc1)c1nc2c(SC)cccc2s1.Cl. The largest absolute Gasteiger partial charge is 0.302 e. The van der Waals surface area contributed by atoms with Gasteiger partial charge in [-0.05, 0) is 55.7 Å². The minimum atomic E-state index is -0.0476. The number of hydrogen-bond donors (Lipinski definition) is 0. The molecule has 0 atom stereocenters. The van der Waals surface area contributed by atoms with Gasteiger partial charge in [0.1, 0.15) is 0 Å². The van der Waals surface area contributed by atoms with E-state index in [1.165, 1.54) is 0 Å². The lowest BCUT2D eigenvalue weighted by molar-refractivity contribution is 0.0984. The molecule has 4 nitrogen and oxygen atoms in total. The van der Waals surface area contributed by atoms with Gasteiger partial charge in [-0.2, -0.15) is 0 Å². The van der Waals surface area contributed by atoms with Crippen LogP contribution < -0.4 is 4.90 Å². The number of halogens is 2. The third kappa shape index (κ3) is 5.64. The lowest BCUT2D eigenvalue weighted by atomic mass is 10.2. The highest BCUT2D eigenvalue weighted by Crippen LogP contribution is 2.34. The molecule has 0 saturated carbocycles. The Labute approximate surface area is 191 Å². The summed E-state index contributed by atoms with van der Waals surface area (Å²) in [5.41, 5.74) is 1.58. The maximum atomic E-state index is 13.3. The summed E-state index contributed by atoms with van der Waals surface area (Å²) in [6, 6.07) is 13.2. The van der Waals surface area contributed by atoms with Crippen molar-refractivity contribution in [1.29, 1.82) is 0 Å². The van der Waals surface area contributed by atoms with Gasteiger partial charge in [-0.15, -0.1) is 24.2 Å². The van der Waals surface area contributed by atoms with Crippen molar-refractivity contribution >= 4 is 68.4 Å². The molecule has 0 radical (unpaired) electrons. The van der Waals surface area contributed by atoms with Gasteiger partial charge in [0.15, 0.2) is 5.13 Å². The standard InChI is InChI=1S/C21H24ClN3OS2.ClH/c1-4-24(5-2)13-14-25(20(26)15-9-11-16(22)12-10-15)21-23-19-17(27-3)7-6-8-18(19)28-21;/h6-12H,4-5,13-14H2,1-3H3;1H. The minimum Gasteiger partial charge on any atom is -0.302 e. The number of nitrogens with zero attached hydrogens (tertiary/aromatic N) is 3. The summed E-state index contributed by atoms with van der Waals surface area (Å²) in [6.45, 7) is 7.58. The predicted octanol–water partition coefficient (Wildman–Crippen LogP) is 6.08. The highest BCUT2D eigenvalue weighted by atomic mass is 35.5. The fourth-order valence-electron chi connectivity index (χ4n) is 3.01. The average Bonchev–Trinajstić information content (AvgIpc) is 3.15. The first-order valence-corrected chi connectivity index (χ1v) is 11.7. The number of fused-ring (bicyclic) bond motifs is 1. The summed E-state index contributed by atoms with van der Waals surface area (Å²) < 4.78 is 1.10.